The van der Waals surface area contributed by atoms with Gasteiger partial charge in [0.05, 0.1) is 24.3 Å². The average Bonchev–Trinajstić information content (AvgIpc) is 2.85. The van der Waals surface area contributed by atoms with E-state index in [1.54, 1.807) is 12.1 Å². The highest BCUT2D eigenvalue weighted by molar-refractivity contribution is 7.53. The normalized spacial score (nSPS) is 13.3. The summed E-state index contributed by atoms with van der Waals surface area (Å²) in [4.78, 5) is 12.6. The van der Waals surface area contributed by atoms with Gasteiger partial charge in [0.25, 0.3) is 5.69 Å². The summed E-state index contributed by atoms with van der Waals surface area (Å²) in [6.45, 7) is 6.35. The van der Waals surface area contributed by atoms with Crippen molar-refractivity contribution in [1.82, 2.24) is 4.90 Å². The molecule has 35 heavy (non-hydrogen) atoms. The van der Waals surface area contributed by atoms with Gasteiger partial charge in [-0.2, -0.15) is 0 Å². The second-order valence-electron chi connectivity index (χ2n) is 8.92. The lowest BCUT2D eigenvalue weighted by Crippen LogP contribution is -2.31. The van der Waals surface area contributed by atoms with Crippen LogP contribution in [0.5, 0.6) is 0 Å². The van der Waals surface area contributed by atoms with Gasteiger partial charge >= 0.3 is 7.60 Å². The van der Waals surface area contributed by atoms with E-state index < -0.39 is 12.5 Å². The van der Waals surface area contributed by atoms with Crippen molar-refractivity contribution in [1.29, 1.82) is 0 Å². The van der Waals surface area contributed by atoms with E-state index in [0.29, 0.717) is 38.8 Å². The number of hydrogen-bond acceptors (Lipinski definition) is 8. The Bertz CT molecular complexity index is 712. The fraction of sp³-hybridized carbons (Fsp3) is 0.760. The van der Waals surface area contributed by atoms with Gasteiger partial charge in [0.15, 0.2) is 0 Å². The van der Waals surface area contributed by atoms with Crippen molar-refractivity contribution in [3.05, 3.63) is 39.9 Å². The van der Waals surface area contributed by atoms with Gasteiger partial charge in [-0.05, 0) is 57.4 Å². The number of unbranched alkanes of at least 4 members (excludes halogenated alkanes) is 6. The summed E-state index contributed by atoms with van der Waals surface area (Å²) in [5, 5.41) is 10.8. The third kappa shape index (κ3) is 15.4. The highest BCUT2D eigenvalue weighted by Crippen LogP contribution is 2.48. The Hall–Kier alpha value is -1.35. The lowest BCUT2D eigenvalue weighted by atomic mass is 10.1. The van der Waals surface area contributed by atoms with Gasteiger partial charge in [-0.15, -0.1) is 0 Å². The Kier molecular flexibility index (Phi) is 17.9. The summed E-state index contributed by atoms with van der Waals surface area (Å²) in [5.41, 5.74) is 12.3. The molecule has 0 aliphatic rings. The maximum Gasteiger partial charge on any atom is 0.331 e. The molecule has 9 nitrogen and oxygen atoms in total. The largest absolute Gasteiger partial charge is 0.331 e. The molecule has 0 heterocycles. The Balaban J connectivity index is 2.60. The second kappa shape index (κ2) is 19.8. The molecule has 202 valence electrons. The fourth-order valence-electron chi connectivity index (χ4n) is 3.75. The van der Waals surface area contributed by atoms with Crippen LogP contribution < -0.4 is 11.5 Å². The summed E-state index contributed by atoms with van der Waals surface area (Å²) in [7, 11) is -3.28. The third-order valence-corrected chi connectivity index (χ3v) is 7.81. The van der Waals surface area contributed by atoms with Crippen LogP contribution in [-0.2, 0) is 20.0 Å². The molecule has 0 spiro atoms. The number of benzene rings is 1. The van der Waals surface area contributed by atoms with E-state index in [1.807, 2.05) is 0 Å². The highest BCUT2D eigenvalue weighted by atomic mass is 31.2. The van der Waals surface area contributed by atoms with Crippen LogP contribution in [0.2, 0.25) is 0 Å². The molecular weight excluding hydrogens is 467 g/mol. The van der Waals surface area contributed by atoms with Gasteiger partial charge in [-0.3, -0.25) is 14.7 Å². The van der Waals surface area contributed by atoms with Crippen LogP contribution in [0.3, 0.4) is 0 Å². The van der Waals surface area contributed by atoms with Crippen LogP contribution in [0.4, 0.5) is 5.69 Å². The molecule has 0 aromatic heterocycles. The Morgan fingerprint density at radius 1 is 0.857 bits per heavy atom. The summed E-state index contributed by atoms with van der Waals surface area (Å²) >= 11 is 0. The van der Waals surface area contributed by atoms with Crippen LogP contribution in [0.1, 0.15) is 70.3 Å². The van der Waals surface area contributed by atoms with Crippen molar-refractivity contribution in [2.75, 3.05) is 52.1 Å². The maximum atomic E-state index is 13.6. The molecule has 10 heteroatoms. The van der Waals surface area contributed by atoms with Gasteiger partial charge in [0, 0.05) is 18.7 Å². The van der Waals surface area contributed by atoms with Crippen molar-refractivity contribution in [3.63, 3.8) is 0 Å². The van der Waals surface area contributed by atoms with E-state index in [2.05, 4.69) is 11.8 Å². The predicted octanol–water partition coefficient (Wildman–Crippen LogP) is 5.11. The zero-order chi connectivity index (χ0) is 25.8. The monoisotopic (exact) mass is 514 g/mol. The van der Waals surface area contributed by atoms with E-state index in [1.165, 1.54) is 44.2 Å². The molecule has 0 saturated carbocycles. The minimum absolute atomic E-state index is 0.0495. The topological polar surface area (TPSA) is 134 Å². The van der Waals surface area contributed by atoms with Crippen LogP contribution in [0.15, 0.2) is 24.3 Å². The molecule has 0 aliphatic heterocycles. The van der Waals surface area contributed by atoms with Gasteiger partial charge in [-0.1, -0.05) is 57.6 Å². The molecule has 0 radical (unpaired) electrons. The molecule has 0 amide bonds. The molecule has 0 saturated heterocycles. The van der Waals surface area contributed by atoms with E-state index in [4.69, 9.17) is 20.5 Å². The zero-order valence-electron chi connectivity index (χ0n) is 21.6. The second-order valence-corrected chi connectivity index (χ2v) is 11.1. The van der Waals surface area contributed by atoms with E-state index in [0.717, 1.165) is 44.3 Å². The first-order valence-corrected chi connectivity index (χ1v) is 14.9. The molecule has 0 fully saturated rings. The fourth-order valence-corrected chi connectivity index (χ4v) is 5.38. The van der Waals surface area contributed by atoms with Gasteiger partial charge in [0.2, 0.25) is 0 Å². The highest BCUT2D eigenvalue weighted by Gasteiger charge is 2.25. The molecule has 0 bridgehead atoms. The number of rotatable bonds is 23. The van der Waals surface area contributed by atoms with Crippen molar-refractivity contribution in [2.45, 2.75) is 71.1 Å². The molecule has 1 rings (SSSR count). The van der Waals surface area contributed by atoms with E-state index >= 15 is 0 Å². The molecular formula is C25H47N4O5P. The van der Waals surface area contributed by atoms with Crippen molar-refractivity contribution in [3.8, 4) is 0 Å². The predicted molar refractivity (Wildman–Crippen MR) is 143 cm³/mol. The Morgan fingerprint density at radius 2 is 1.43 bits per heavy atom. The van der Waals surface area contributed by atoms with Crippen LogP contribution in [0, 0.1) is 10.1 Å². The summed E-state index contributed by atoms with van der Waals surface area (Å²) in [5.74, 6) is 0. The molecule has 0 aliphatic carbocycles. The molecule has 1 aromatic carbocycles. The SMILES string of the molecule is CCCCCCCCCOP(=O)(CCN(CCCN)CCCN)OCCc1ccc([N+](=O)[O-])cc1. The number of nitrogens with zero attached hydrogens (tertiary/aromatic N) is 2. The minimum atomic E-state index is -3.28. The van der Waals surface area contributed by atoms with E-state index in [-0.39, 0.29) is 12.3 Å². The number of non-ortho nitro benzene ring substituents is 1. The van der Waals surface area contributed by atoms with Gasteiger partial charge in [-0.25, -0.2) is 0 Å². The average molecular weight is 515 g/mol. The first kappa shape index (κ1) is 31.7. The minimum Gasteiger partial charge on any atom is -0.330 e. The molecule has 1 aromatic rings. The molecule has 1 atom stereocenters. The van der Waals surface area contributed by atoms with Crippen molar-refractivity contribution < 1.29 is 18.5 Å². The van der Waals surface area contributed by atoms with Crippen LogP contribution in [0.25, 0.3) is 0 Å². The van der Waals surface area contributed by atoms with Gasteiger partial charge in [0.1, 0.15) is 0 Å². The Morgan fingerprint density at radius 3 is 2.00 bits per heavy atom. The standard InChI is InChI=1S/C25H47N4O5P/c1-2-3-4-5-6-7-8-21-33-35(32,23-20-28(18-9-16-26)19-10-17-27)34-22-15-24-11-13-25(14-12-24)29(30)31/h11-14H,2-10,15-23,26-27H2,1H3. The molecule has 4 N–H and O–H groups in total. The lowest BCUT2D eigenvalue weighted by molar-refractivity contribution is -0.384. The first-order valence-electron chi connectivity index (χ1n) is 13.2. The third-order valence-electron chi connectivity index (χ3n) is 5.91. The van der Waals surface area contributed by atoms with Crippen molar-refractivity contribution in [2.24, 2.45) is 11.5 Å². The smallest absolute Gasteiger partial charge is 0.330 e. The zero-order valence-corrected chi connectivity index (χ0v) is 22.5. The number of nitro benzene ring substituents is 1. The van der Waals surface area contributed by atoms with Crippen LogP contribution >= 0.6 is 7.60 Å². The number of hydrogen-bond donors (Lipinski definition) is 2. The summed E-state index contributed by atoms with van der Waals surface area (Å²) < 4.78 is 25.3. The summed E-state index contributed by atoms with van der Waals surface area (Å²) in [6, 6.07) is 6.35. The van der Waals surface area contributed by atoms with E-state index in [9.17, 15) is 14.7 Å². The maximum absolute atomic E-state index is 13.6. The lowest BCUT2D eigenvalue weighted by Gasteiger charge is -2.25. The Labute approximate surface area is 211 Å². The van der Waals surface area contributed by atoms with Gasteiger partial charge < -0.3 is 25.4 Å². The van der Waals surface area contributed by atoms with Crippen LogP contribution in [-0.4, -0.2) is 61.9 Å². The quantitative estimate of drug-likeness (QED) is 0.0890. The van der Waals surface area contributed by atoms with Crippen molar-refractivity contribution >= 4 is 13.3 Å². The number of nitro groups is 1. The first-order chi connectivity index (χ1) is 16.9. The summed E-state index contributed by atoms with van der Waals surface area (Å²) in [6.07, 6.45) is 10.7. The number of nitrogens with two attached hydrogens (primary N) is 2. The molecule has 1 unspecified atom stereocenters.